The van der Waals surface area contributed by atoms with Gasteiger partial charge in [0.2, 0.25) is 11.8 Å². The average molecular weight is 704 g/mol. The van der Waals surface area contributed by atoms with Gasteiger partial charge < -0.3 is 41.1 Å². The number of nitrogens with one attached hydrogen (secondary N) is 4. The molecule has 2 aromatic rings. The van der Waals surface area contributed by atoms with E-state index in [0.29, 0.717) is 28.8 Å². The summed E-state index contributed by atoms with van der Waals surface area (Å²) >= 11 is 0.643. The maximum Gasteiger partial charge on any atom is 0.408 e. The van der Waals surface area contributed by atoms with E-state index in [-0.39, 0.29) is 19.6 Å². The Hall–Kier alpha value is -4.71. The van der Waals surface area contributed by atoms with Gasteiger partial charge in [-0.2, -0.15) is 5.01 Å². The van der Waals surface area contributed by atoms with Gasteiger partial charge in [-0.3, -0.25) is 29.4 Å². The molecule has 0 aliphatic carbocycles. The first-order valence-electron chi connectivity index (χ1n) is 15.4. The van der Waals surface area contributed by atoms with Gasteiger partial charge in [0, 0.05) is 13.0 Å². The lowest BCUT2D eigenvalue weighted by Gasteiger charge is -2.31. The number of amides is 4. The van der Waals surface area contributed by atoms with E-state index in [9.17, 15) is 44.1 Å². The molecule has 1 heterocycles. The number of hydrogen-bond acceptors (Lipinski definition) is 11. The molecular formula is C32H41N5O11S. The fourth-order valence-corrected chi connectivity index (χ4v) is 5.71. The number of carbonyl (C=O) groups is 6. The molecule has 0 radical (unpaired) electrons. The summed E-state index contributed by atoms with van der Waals surface area (Å²) in [6.45, 7) is 2.25. The Balaban J connectivity index is 1.64. The number of aliphatic hydroxyl groups excluding tert-OH is 1. The number of nitrogens with zero attached hydrogens (tertiary/aromatic N) is 1. The molecule has 4 amide bonds. The largest absolute Gasteiger partial charge is 0.481 e. The zero-order chi connectivity index (χ0) is 36.1. The Morgan fingerprint density at radius 3 is 2.06 bits per heavy atom. The molecule has 1 fully saturated rings. The Labute approximate surface area is 286 Å². The SMILES string of the molecule is CC(C)[C@H](NC(=O)[C@H](CCC(=O)O)NC(=O)OCc1ccccc1)C(=O)NN(CC(=O)O)[C@@]1(O)S[C@@H]1[C@H](O)C(=O)NCCc1ccccc1. The van der Waals surface area contributed by atoms with Crippen LogP contribution >= 0.6 is 11.8 Å². The number of ether oxygens (including phenoxy) is 1. The number of aliphatic hydroxyl groups is 2. The van der Waals surface area contributed by atoms with Crippen molar-refractivity contribution < 1.29 is 53.9 Å². The molecule has 0 spiro atoms. The lowest BCUT2D eigenvalue weighted by molar-refractivity contribution is -0.151. The van der Waals surface area contributed by atoms with E-state index in [0.717, 1.165) is 5.56 Å². The standard InChI is InChI=1S/C32H41N5O11S/c1-19(2)25(35-28(43)22(13-14-23(38)39)34-31(46)48-18-21-11-7-4-8-12-21)29(44)36-37(17-24(40)41)32(47)27(49-32)26(42)30(45)33-16-15-20-9-5-3-6-10-20/h3-12,19,22,25-27,42,47H,13-18H2,1-2H3,(H,33,45)(H,34,46)(H,35,43)(H,36,44)(H,38,39)(H,40,41)/t22-,25-,26-,27+,32-/m0/s1. The molecule has 3 rings (SSSR count). The number of alkyl carbamates (subject to hydrolysis) is 1. The van der Waals surface area contributed by atoms with Crippen LogP contribution in [0.1, 0.15) is 37.8 Å². The van der Waals surface area contributed by atoms with Crippen LogP contribution in [0.3, 0.4) is 0 Å². The summed E-state index contributed by atoms with van der Waals surface area (Å²) in [5, 5.41) is 45.0. The molecule has 5 atom stereocenters. The van der Waals surface area contributed by atoms with Crippen LogP contribution in [0.15, 0.2) is 60.7 Å². The van der Waals surface area contributed by atoms with Crippen LogP contribution in [0.25, 0.3) is 0 Å². The lowest BCUT2D eigenvalue weighted by atomic mass is 10.0. The molecule has 266 valence electrons. The van der Waals surface area contributed by atoms with Gasteiger partial charge >= 0.3 is 18.0 Å². The summed E-state index contributed by atoms with van der Waals surface area (Å²) in [6.07, 6.45) is -3.14. The van der Waals surface area contributed by atoms with Crippen molar-refractivity contribution in [1.29, 1.82) is 0 Å². The number of aliphatic carboxylic acids is 2. The molecule has 0 aromatic heterocycles. The van der Waals surface area contributed by atoms with Crippen molar-refractivity contribution in [3.05, 3.63) is 71.8 Å². The fourth-order valence-electron chi connectivity index (χ4n) is 4.66. The molecular weight excluding hydrogens is 662 g/mol. The first-order chi connectivity index (χ1) is 23.2. The average Bonchev–Trinajstić information content (AvgIpc) is 3.76. The Morgan fingerprint density at radius 1 is 0.878 bits per heavy atom. The number of benzene rings is 2. The van der Waals surface area contributed by atoms with Crippen LogP contribution in [-0.4, -0.2) is 103 Å². The number of thioether (sulfide) groups is 1. The third-order valence-electron chi connectivity index (χ3n) is 7.37. The molecule has 1 aliphatic heterocycles. The number of rotatable bonds is 19. The van der Waals surface area contributed by atoms with E-state index >= 15 is 0 Å². The van der Waals surface area contributed by atoms with Crippen molar-refractivity contribution in [1.82, 2.24) is 26.4 Å². The molecule has 49 heavy (non-hydrogen) atoms. The maximum absolute atomic E-state index is 13.4. The van der Waals surface area contributed by atoms with Crippen LogP contribution in [0, 0.1) is 5.92 Å². The number of carboxylic acids is 2. The van der Waals surface area contributed by atoms with E-state index in [1.807, 2.05) is 30.3 Å². The summed E-state index contributed by atoms with van der Waals surface area (Å²) in [7, 11) is 0. The van der Waals surface area contributed by atoms with Crippen LogP contribution in [0.5, 0.6) is 0 Å². The van der Waals surface area contributed by atoms with Crippen molar-refractivity contribution in [2.45, 2.75) is 68.2 Å². The van der Waals surface area contributed by atoms with E-state index in [2.05, 4.69) is 21.4 Å². The van der Waals surface area contributed by atoms with Gasteiger partial charge in [0.15, 0.2) is 5.06 Å². The fraction of sp³-hybridized carbons (Fsp3) is 0.438. The molecule has 16 nitrogen and oxygen atoms in total. The van der Waals surface area contributed by atoms with Crippen molar-refractivity contribution in [3.63, 3.8) is 0 Å². The summed E-state index contributed by atoms with van der Waals surface area (Å²) in [5.74, 6) is -6.01. The zero-order valence-electron chi connectivity index (χ0n) is 26.9. The van der Waals surface area contributed by atoms with Crippen LogP contribution in [-0.2, 0) is 41.7 Å². The highest BCUT2D eigenvalue weighted by atomic mass is 32.2. The minimum Gasteiger partial charge on any atom is -0.481 e. The van der Waals surface area contributed by atoms with Crippen molar-refractivity contribution >= 4 is 47.5 Å². The van der Waals surface area contributed by atoms with Crippen LogP contribution in [0.4, 0.5) is 4.79 Å². The normalized spacial score (nSPS) is 18.4. The highest BCUT2D eigenvalue weighted by Gasteiger charge is 2.65. The van der Waals surface area contributed by atoms with Gasteiger partial charge in [0.25, 0.3) is 5.91 Å². The first-order valence-corrected chi connectivity index (χ1v) is 16.3. The predicted molar refractivity (Wildman–Crippen MR) is 175 cm³/mol. The predicted octanol–water partition coefficient (Wildman–Crippen LogP) is 0.186. The van der Waals surface area contributed by atoms with Crippen molar-refractivity contribution in [2.75, 3.05) is 13.1 Å². The van der Waals surface area contributed by atoms with Crippen LogP contribution in [0.2, 0.25) is 0 Å². The summed E-state index contributed by atoms with van der Waals surface area (Å²) in [5.41, 5.74) is 3.89. The third-order valence-corrected chi connectivity index (χ3v) is 8.77. The second-order valence-corrected chi connectivity index (χ2v) is 12.9. The molecule has 1 saturated heterocycles. The molecule has 8 N–H and O–H groups in total. The number of carbonyl (C=O) groups excluding carboxylic acids is 4. The summed E-state index contributed by atoms with van der Waals surface area (Å²) < 4.78 is 5.14. The quantitative estimate of drug-likeness (QED) is 0.0554. The second-order valence-electron chi connectivity index (χ2n) is 11.5. The highest BCUT2D eigenvalue weighted by molar-refractivity contribution is 8.08. The third kappa shape index (κ3) is 12.0. The molecule has 17 heteroatoms. The van der Waals surface area contributed by atoms with Crippen molar-refractivity contribution in [2.24, 2.45) is 5.92 Å². The monoisotopic (exact) mass is 703 g/mol. The Kier molecular flexibility index (Phi) is 14.4. The summed E-state index contributed by atoms with van der Waals surface area (Å²) in [4.78, 5) is 74.7. The molecule has 0 bridgehead atoms. The lowest BCUT2D eigenvalue weighted by Crippen LogP contribution is -2.61. The smallest absolute Gasteiger partial charge is 0.408 e. The maximum atomic E-state index is 13.4. The number of carboxylic acid groups (broad SMARTS) is 2. The Bertz CT molecular complexity index is 1470. The highest BCUT2D eigenvalue weighted by Crippen LogP contribution is 2.54. The topological polar surface area (TPSA) is 244 Å². The van der Waals surface area contributed by atoms with Crippen LogP contribution < -0.4 is 21.4 Å². The number of hydrogen-bond donors (Lipinski definition) is 8. The zero-order valence-corrected chi connectivity index (χ0v) is 27.7. The van der Waals surface area contributed by atoms with E-state index in [1.54, 1.807) is 44.2 Å². The number of hydrazine groups is 1. The molecule has 1 aliphatic rings. The van der Waals surface area contributed by atoms with Gasteiger partial charge in [-0.05, 0) is 29.9 Å². The summed E-state index contributed by atoms with van der Waals surface area (Å²) in [6, 6.07) is 15.1. The molecule has 0 unspecified atom stereocenters. The van der Waals surface area contributed by atoms with E-state index < -0.39 is 83.1 Å². The second kappa shape index (κ2) is 18.2. The van der Waals surface area contributed by atoms with Crippen molar-refractivity contribution in [3.8, 4) is 0 Å². The van der Waals surface area contributed by atoms with Gasteiger partial charge in [0.1, 0.15) is 31.3 Å². The molecule has 0 saturated carbocycles. The van der Waals surface area contributed by atoms with E-state index in [4.69, 9.17) is 9.84 Å². The van der Waals surface area contributed by atoms with Gasteiger partial charge in [-0.1, -0.05) is 86.3 Å². The van der Waals surface area contributed by atoms with Gasteiger partial charge in [0.05, 0.1) is 5.25 Å². The first kappa shape index (κ1) is 38.7. The van der Waals surface area contributed by atoms with E-state index in [1.165, 1.54) is 0 Å². The van der Waals surface area contributed by atoms with Gasteiger partial charge in [-0.25, -0.2) is 4.79 Å². The Morgan fingerprint density at radius 2 is 1.49 bits per heavy atom. The van der Waals surface area contributed by atoms with Gasteiger partial charge in [-0.15, -0.1) is 0 Å². The molecule has 2 aromatic carbocycles. The minimum atomic E-state index is -2.19. The minimum absolute atomic E-state index is 0.123.